The van der Waals surface area contributed by atoms with E-state index in [4.69, 9.17) is 4.11 Å². The minimum Gasteiger partial charge on any atom is -0.201 e. The van der Waals surface area contributed by atoms with Gasteiger partial charge in [0.25, 0.3) is 0 Å². The van der Waals surface area contributed by atoms with Crippen molar-refractivity contribution in [2.75, 3.05) is 0 Å². The number of hydrogen-bond donors (Lipinski definition) is 0. The molecule has 0 unspecified atom stereocenters. The van der Waals surface area contributed by atoms with Crippen LogP contribution in [0.5, 0.6) is 0 Å². The molecule has 1 heterocycles. The molecule has 0 fully saturated rings. The third-order valence-electron chi connectivity index (χ3n) is 5.00. The normalized spacial score (nSPS) is 12.9. The van der Waals surface area contributed by atoms with E-state index in [1.54, 1.807) is 6.20 Å². The van der Waals surface area contributed by atoms with E-state index in [1.165, 1.54) is 0 Å². The van der Waals surface area contributed by atoms with Gasteiger partial charge in [-0.3, -0.25) is 0 Å². The topological polar surface area (TPSA) is 3.88 Å². The van der Waals surface area contributed by atoms with Crippen LogP contribution in [0, 0.1) is 13.8 Å². The largest absolute Gasteiger partial charge is 0.213 e. The molecule has 132 valence electrons. The van der Waals surface area contributed by atoms with Crippen LogP contribution in [-0.4, -0.2) is 0 Å². The molecule has 0 N–H and O–H groups in total. The van der Waals surface area contributed by atoms with Crippen molar-refractivity contribution in [1.29, 1.82) is 0 Å². The highest BCUT2D eigenvalue weighted by Gasteiger charge is 2.16. The van der Waals surface area contributed by atoms with Crippen LogP contribution in [0.3, 0.4) is 0 Å². The Labute approximate surface area is 165 Å². The van der Waals surface area contributed by atoms with Gasteiger partial charge < -0.3 is 0 Å². The van der Waals surface area contributed by atoms with E-state index in [0.717, 1.165) is 39.1 Å². The van der Waals surface area contributed by atoms with Crippen LogP contribution in [0.2, 0.25) is 0 Å². The van der Waals surface area contributed by atoms with E-state index in [1.807, 2.05) is 60.1 Å². The van der Waals surface area contributed by atoms with E-state index >= 15 is 0 Å². The summed E-state index contributed by atoms with van der Waals surface area (Å²) in [4.78, 5) is 0. The van der Waals surface area contributed by atoms with Crippen molar-refractivity contribution in [3.8, 4) is 33.5 Å². The summed E-state index contributed by atoms with van der Waals surface area (Å²) in [6.07, 6.45) is 1.75. The zero-order valence-electron chi connectivity index (χ0n) is 18.6. The zero-order valence-corrected chi connectivity index (χ0v) is 15.6. The summed E-state index contributed by atoms with van der Waals surface area (Å²) in [6, 6.07) is 28.5. The van der Waals surface area contributed by atoms with E-state index in [0.29, 0.717) is 5.56 Å². The number of pyridine rings is 1. The smallest absolute Gasteiger partial charge is 0.201 e. The average molecular weight is 354 g/mol. The Hall–Kier alpha value is -3.19. The fourth-order valence-corrected chi connectivity index (χ4v) is 3.49. The first-order valence-corrected chi connectivity index (χ1v) is 9.10. The number of aryl methyl sites for hydroxylation is 3. The molecule has 0 spiro atoms. The maximum Gasteiger partial charge on any atom is 0.213 e. The third-order valence-corrected chi connectivity index (χ3v) is 5.00. The molecule has 0 aliphatic heterocycles. The summed E-state index contributed by atoms with van der Waals surface area (Å²) in [6.45, 7) is -0.128. The molecule has 27 heavy (non-hydrogen) atoms. The van der Waals surface area contributed by atoms with Crippen molar-refractivity contribution >= 4 is 0 Å². The van der Waals surface area contributed by atoms with Gasteiger partial charge in [-0.2, -0.15) is 0 Å². The first kappa shape index (κ1) is 13.9. The monoisotopic (exact) mass is 353 g/mol. The SMILES string of the molecule is [2H]C([2H])([2H])c1c[n+](C)c(-c2ccccc2C)cc1-c1ccc(-c2ccccc2)cc1. The lowest BCUT2D eigenvalue weighted by molar-refractivity contribution is -0.660. The van der Waals surface area contributed by atoms with E-state index in [9.17, 15) is 0 Å². The van der Waals surface area contributed by atoms with Crippen LogP contribution >= 0.6 is 0 Å². The van der Waals surface area contributed by atoms with Crippen molar-refractivity contribution in [2.45, 2.75) is 13.8 Å². The molecule has 0 bridgehead atoms. The first-order chi connectivity index (χ1) is 14.3. The number of hydrogen-bond acceptors (Lipinski definition) is 0. The maximum absolute atomic E-state index is 8.07. The molecule has 0 atom stereocenters. The molecule has 0 amide bonds. The molecule has 3 aromatic carbocycles. The molecule has 0 aliphatic rings. The molecular formula is C26H24N+. The molecule has 0 saturated heterocycles. The maximum atomic E-state index is 8.07. The highest BCUT2D eigenvalue weighted by atomic mass is 14.9. The minimum absolute atomic E-state index is 0.356. The van der Waals surface area contributed by atoms with Crippen molar-refractivity contribution < 1.29 is 8.68 Å². The van der Waals surface area contributed by atoms with Gasteiger partial charge in [-0.25, -0.2) is 4.57 Å². The lowest BCUT2D eigenvalue weighted by atomic mass is 9.96. The van der Waals surface area contributed by atoms with Gasteiger partial charge >= 0.3 is 0 Å². The Kier molecular flexibility index (Phi) is 3.72. The molecule has 4 rings (SSSR count). The second-order valence-electron chi connectivity index (χ2n) is 6.86. The summed E-state index contributed by atoms with van der Waals surface area (Å²) in [5.41, 5.74) is 7.48. The Bertz CT molecular complexity index is 1180. The van der Waals surface area contributed by atoms with Crippen LogP contribution in [0.25, 0.3) is 33.5 Å². The van der Waals surface area contributed by atoms with Crippen LogP contribution in [-0.2, 0) is 7.05 Å². The lowest BCUT2D eigenvalue weighted by Crippen LogP contribution is -2.31. The van der Waals surface area contributed by atoms with Gasteiger partial charge in [-0.1, -0.05) is 72.8 Å². The molecule has 0 aliphatic carbocycles. The molecule has 0 radical (unpaired) electrons. The van der Waals surface area contributed by atoms with Crippen molar-refractivity contribution in [3.63, 3.8) is 0 Å². The fraction of sp³-hybridized carbons (Fsp3) is 0.115. The molecule has 1 aromatic heterocycles. The van der Waals surface area contributed by atoms with Gasteiger partial charge in [-0.05, 0) is 47.7 Å². The van der Waals surface area contributed by atoms with E-state index in [2.05, 4.69) is 43.3 Å². The predicted octanol–water partition coefficient (Wildman–Crippen LogP) is 6.13. The summed E-state index contributed by atoms with van der Waals surface area (Å²) in [5, 5.41) is 0. The van der Waals surface area contributed by atoms with E-state index in [-0.39, 0.29) is 0 Å². The minimum atomic E-state index is -2.20. The van der Waals surface area contributed by atoms with Gasteiger partial charge in [0.2, 0.25) is 5.69 Å². The summed E-state index contributed by atoms with van der Waals surface area (Å²) in [5.74, 6) is 0. The van der Waals surface area contributed by atoms with Crippen LogP contribution in [0.15, 0.2) is 91.1 Å². The molecule has 1 heteroatoms. The van der Waals surface area contributed by atoms with Crippen LogP contribution < -0.4 is 4.57 Å². The highest BCUT2D eigenvalue weighted by molar-refractivity contribution is 5.75. The van der Waals surface area contributed by atoms with Gasteiger partial charge in [-0.15, -0.1) is 0 Å². The third kappa shape index (κ3) is 3.41. The number of rotatable bonds is 3. The van der Waals surface area contributed by atoms with Crippen molar-refractivity contribution in [3.05, 3.63) is 102 Å². The molecule has 1 nitrogen and oxygen atoms in total. The zero-order chi connectivity index (χ0) is 21.3. The molecule has 4 aromatic rings. The first-order valence-electron chi connectivity index (χ1n) is 10.6. The quantitative estimate of drug-likeness (QED) is 0.390. The summed E-state index contributed by atoms with van der Waals surface area (Å²) >= 11 is 0. The number of nitrogens with zero attached hydrogens (tertiary/aromatic N) is 1. The van der Waals surface area contributed by atoms with Crippen LogP contribution in [0.1, 0.15) is 15.2 Å². The summed E-state index contributed by atoms with van der Waals surface area (Å²) < 4.78 is 26.1. The highest BCUT2D eigenvalue weighted by Crippen LogP contribution is 2.30. The predicted molar refractivity (Wildman–Crippen MR) is 113 cm³/mol. The second kappa shape index (κ2) is 7.20. The molecular weight excluding hydrogens is 326 g/mol. The lowest BCUT2D eigenvalue weighted by Gasteiger charge is -2.10. The molecule has 0 saturated carbocycles. The number of aromatic nitrogens is 1. The van der Waals surface area contributed by atoms with Gasteiger partial charge in [0.05, 0.1) is 0 Å². The Balaban J connectivity index is 1.87. The van der Waals surface area contributed by atoms with E-state index < -0.39 is 6.85 Å². The standard InChI is InChI=1S/C26H24N/c1-19-9-7-8-12-24(19)26-17-25(20(2)18-27(26)3)23-15-13-22(14-16-23)21-10-5-4-6-11-21/h4-18H,1-3H3/q+1/i2D3. The average Bonchev–Trinajstić information content (AvgIpc) is 2.74. The second-order valence-corrected chi connectivity index (χ2v) is 6.86. The van der Waals surface area contributed by atoms with Crippen LogP contribution in [0.4, 0.5) is 0 Å². The van der Waals surface area contributed by atoms with Gasteiger partial charge in [0.1, 0.15) is 7.05 Å². The Morgan fingerprint density at radius 2 is 1.30 bits per heavy atom. The number of benzene rings is 3. The van der Waals surface area contributed by atoms with Gasteiger partial charge in [0, 0.05) is 21.3 Å². The fourth-order valence-electron chi connectivity index (χ4n) is 3.49. The summed E-state index contributed by atoms with van der Waals surface area (Å²) in [7, 11) is 1.90. The Morgan fingerprint density at radius 1 is 0.667 bits per heavy atom. The Morgan fingerprint density at radius 3 is 2.00 bits per heavy atom. The van der Waals surface area contributed by atoms with Gasteiger partial charge in [0.15, 0.2) is 6.20 Å². The van der Waals surface area contributed by atoms with Crippen molar-refractivity contribution in [2.24, 2.45) is 7.05 Å². The van der Waals surface area contributed by atoms with Crippen molar-refractivity contribution in [1.82, 2.24) is 0 Å².